The molecule has 0 radical (unpaired) electrons. The van der Waals surface area contributed by atoms with Gasteiger partial charge in [0, 0.05) is 38.3 Å². The summed E-state index contributed by atoms with van der Waals surface area (Å²) in [5.41, 5.74) is 0.309. The van der Waals surface area contributed by atoms with Crippen LogP contribution in [0.5, 0.6) is 0 Å². The first-order valence-electron chi connectivity index (χ1n) is 8.01. The van der Waals surface area contributed by atoms with Crippen molar-refractivity contribution in [2.45, 2.75) is 24.8 Å². The monoisotopic (exact) mass is 405 g/mol. The van der Waals surface area contributed by atoms with Crippen molar-refractivity contribution in [2.75, 3.05) is 33.4 Å². The first-order chi connectivity index (χ1) is 11.8. The zero-order chi connectivity index (χ0) is 18.6. The average Bonchev–Trinajstić information content (AvgIpc) is 2.76. The molecule has 2 N–H and O–H groups in total. The van der Waals surface area contributed by atoms with E-state index in [1.165, 1.54) is 18.2 Å². The van der Waals surface area contributed by atoms with E-state index in [1.807, 2.05) is 0 Å². The van der Waals surface area contributed by atoms with Gasteiger partial charge in [-0.05, 0) is 32.0 Å². The third kappa shape index (κ3) is 4.53. The topological polar surface area (TPSA) is 105 Å². The number of sulfonamides is 1. The van der Waals surface area contributed by atoms with Crippen molar-refractivity contribution in [3.05, 3.63) is 29.3 Å². The zero-order valence-corrected chi connectivity index (χ0v) is 16.6. The molecule has 0 saturated carbocycles. The molecule has 1 aromatic rings. The predicted octanol–water partition coefficient (Wildman–Crippen LogP) is 0.627. The first kappa shape index (κ1) is 22.4. The van der Waals surface area contributed by atoms with Crippen molar-refractivity contribution in [3.8, 4) is 0 Å². The summed E-state index contributed by atoms with van der Waals surface area (Å²) in [5, 5.41) is 5.79. The maximum atomic E-state index is 12.5. The summed E-state index contributed by atoms with van der Waals surface area (Å²) in [7, 11) is -2.30. The number of halogens is 1. The van der Waals surface area contributed by atoms with Crippen LogP contribution in [0.1, 0.15) is 34.6 Å². The molecule has 1 aromatic carbocycles. The van der Waals surface area contributed by atoms with Gasteiger partial charge in [0.15, 0.2) is 0 Å². The molecule has 1 aliphatic rings. The number of methoxy groups -OCH3 is 1. The Balaban J connectivity index is 0.00000338. The van der Waals surface area contributed by atoms with Crippen LogP contribution < -0.4 is 10.6 Å². The number of hydrogen-bond acceptors (Lipinski definition) is 6. The van der Waals surface area contributed by atoms with Crippen molar-refractivity contribution in [2.24, 2.45) is 0 Å². The van der Waals surface area contributed by atoms with Crippen molar-refractivity contribution in [1.82, 2.24) is 14.9 Å². The van der Waals surface area contributed by atoms with Gasteiger partial charge in [0.2, 0.25) is 0 Å². The molecule has 10 heteroatoms. The van der Waals surface area contributed by atoms with E-state index in [1.54, 1.807) is 21.0 Å². The minimum absolute atomic E-state index is 0. The predicted molar refractivity (Wildman–Crippen MR) is 99.3 cm³/mol. The molecule has 0 aromatic heterocycles. The highest BCUT2D eigenvalue weighted by Crippen LogP contribution is 2.32. The minimum Gasteiger partial charge on any atom is -0.383 e. The van der Waals surface area contributed by atoms with E-state index in [4.69, 9.17) is 4.74 Å². The highest BCUT2D eigenvalue weighted by molar-refractivity contribution is 7.90. The maximum Gasteiger partial charge on any atom is 0.269 e. The Morgan fingerprint density at radius 3 is 2.54 bits per heavy atom. The fourth-order valence-electron chi connectivity index (χ4n) is 2.57. The fourth-order valence-corrected chi connectivity index (χ4v) is 4.36. The SMILES string of the molecule is COCCNCCNC(=O)c1ccc2c(c1)S(=O)(=O)N(C(C)C)C2=O.Cl. The molecule has 26 heavy (non-hydrogen) atoms. The van der Waals surface area contributed by atoms with Gasteiger partial charge < -0.3 is 15.4 Å². The number of benzene rings is 1. The summed E-state index contributed by atoms with van der Waals surface area (Å²) in [6.45, 7) is 5.48. The Hall–Kier alpha value is -1.68. The van der Waals surface area contributed by atoms with Crippen LogP contribution in [0.4, 0.5) is 0 Å². The number of rotatable bonds is 8. The molecule has 146 valence electrons. The lowest BCUT2D eigenvalue weighted by atomic mass is 10.1. The lowest BCUT2D eigenvalue weighted by Crippen LogP contribution is -2.36. The first-order valence-corrected chi connectivity index (χ1v) is 9.45. The van der Waals surface area contributed by atoms with Crippen LogP contribution in [-0.4, -0.2) is 63.9 Å². The van der Waals surface area contributed by atoms with Crippen LogP contribution in [0, 0.1) is 0 Å². The second-order valence-corrected chi connectivity index (χ2v) is 7.69. The van der Waals surface area contributed by atoms with Crippen LogP contribution in [0.3, 0.4) is 0 Å². The standard InChI is InChI=1S/C16H23N3O5S.ClH/c1-11(2)19-16(21)13-5-4-12(10-14(13)25(19,22)23)15(20)18-7-6-17-8-9-24-3;/h4-5,10-11,17H,6-9H2,1-3H3,(H,18,20);1H. The number of carbonyl (C=O) groups is 2. The summed E-state index contributed by atoms with van der Waals surface area (Å²) in [6.07, 6.45) is 0. The van der Waals surface area contributed by atoms with Gasteiger partial charge in [0.1, 0.15) is 4.90 Å². The largest absolute Gasteiger partial charge is 0.383 e. The van der Waals surface area contributed by atoms with Gasteiger partial charge in [0.05, 0.1) is 12.2 Å². The van der Waals surface area contributed by atoms with Crippen molar-refractivity contribution in [3.63, 3.8) is 0 Å². The Morgan fingerprint density at radius 1 is 1.23 bits per heavy atom. The van der Waals surface area contributed by atoms with Crippen molar-refractivity contribution < 1.29 is 22.7 Å². The highest BCUT2D eigenvalue weighted by atomic mass is 35.5. The van der Waals surface area contributed by atoms with Gasteiger partial charge in [0.25, 0.3) is 21.8 Å². The van der Waals surface area contributed by atoms with Crippen molar-refractivity contribution in [1.29, 1.82) is 0 Å². The van der Waals surface area contributed by atoms with Gasteiger partial charge in [-0.25, -0.2) is 12.7 Å². The highest BCUT2D eigenvalue weighted by Gasteiger charge is 2.42. The molecular weight excluding hydrogens is 382 g/mol. The molecular formula is C16H24ClN3O5S. The smallest absolute Gasteiger partial charge is 0.269 e. The third-order valence-electron chi connectivity index (χ3n) is 3.75. The maximum absolute atomic E-state index is 12.5. The molecule has 1 heterocycles. The number of amides is 2. The van der Waals surface area contributed by atoms with Gasteiger partial charge in [-0.1, -0.05) is 0 Å². The van der Waals surface area contributed by atoms with Gasteiger partial charge >= 0.3 is 0 Å². The summed E-state index contributed by atoms with van der Waals surface area (Å²) in [5.74, 6) is -0.943. The normalized spacial score (nSPS) is 14.9. The number of nitrogens with one attached hydrogen (secondary N) is 2. The molecule has 0 spiro atoms. The number of ether oxygens (including phenoxy) is 1. The van der Waals surface area contributed by atoms with Crippen LogP contribution in [0.2, 0.25) is 0 Å². The molecule has 1 aliphatic heterocycles. The molecule has 0 bridgehead atoms. The molecule has 2 rings (SSSR count). The Morgan fingerprint density at radius 2 is 1.92 bits per heavy atom. The third-order valence-corrected chi connectivity index (χ3v) is 5.75. The Labute approximate surface area is 159 Å². The lowest BCUT2D eigenvalue weighted by molar-refractivity contribution is 0.0845. The van der Waals surface area contributed by atoms with Crippen LogP contribution in [-0.2, 0) is 14.8 Å². The van der Waals surface area contributed by atoms with E-state index in [2.05, 4.69) is 10.6 Å². The summed E-state index contributed by atoms with van der Waals surface area (Å²) in [6, 6.07) is 3.63. The second kappa shape index (κ2) is 9.31. The van der Waals surface area contributed by atoms with E-state index in [0.29, 0.717) is 26.2 Å². The molecule has 0 atom stereocenters. The minimum atomic E-state index is -3.91. The summed E-state index contributed by atoms with van der Waals surface area (Å²) >= 11 is 0. The quantitative estimate of drug-likeness (QED) is 0.614. The number of fused-ring (bicyclic) bond motifs is 1. The van der Waals surface area contributed by atoms with Crippen LogP contribution in [0.25, 0.3) is 0 Å². The summed E-state index contributed by atoms with van der Waals surface area (Å²) < 4.78 is 30.8. The molecule has 0 fully saturated rings. The van der Waals surface area contributed by atoms with E-state index in [-0.39, 0.29) is 34.3 Å². The Kier molecular flexibility index (Phi) is 8.01. The van der Waals surface area contributed by atoms with Gasteiger partial charge in [-0.2, -0.15) is 0 Å². The zero-order valence-electron chi connectivity index (χ0n) is 14.9. The van der Waals surface area contributed by atoms with Crippen LogP contribution >= 0.6 is 12.4 Å². The molecule has 0 saturated heterocycles. The van der Waals surface area contributed by atoms with E-state index < -0.39 is 22.0 Å². The van der Waals surface area contributed by atoms with E-state index in [9.17, 15) is 18.0 Å². The number of hydrogen-bond donors (Lipinski definition) is 2. The Bertz CT molecular complexity index is 767. The fraction of sp³-hybridized carbons (Fsp3) is 0.500. The average molecular weight is 406 g/mol. The van der Waals surface area contributed by atoms with Gasteiger partial charge in [-0.15, -0.1) is 12.4 Å². The lowest BCUT2D eigenvalue weighted by Gasteiger charge is -2.18. The number of carbonyl (C=O) groups excluding carboxylic acids is 2. The van der Waals surface area contributed by atoms with E-state index in [0.717, 1.165) is 4.31 Å². The molecule has 0 aliphatic carbocycles. The van der Waals surface area contributed by atoms with Crippen molar-refractivity contribution >= 4 is 34.2 Å². The molecule has 2 amide bonds. The van der Waals surface area contributed by atoms with E-state index >= 15 is 0 Å². The number of nitrogens with zero attached hydrogens (tertiary/aromatic N) is 1. The van der Waals surface area contributed by atoms with Crippen LogP contribution in [0.15, 0.2) is 23.1 Å². The van der Waals surface area contributed by atoms with Gasteiger partial charge in [-0.3, -0.25) is 9.59 Å². The molecule has 8 nitrogen and oxygen atoms in total. The second-order valence-electron chi connectivity index (χ2n) is 5.91. The summed E-state index contributed by atoms with van der Waals surface area (Å²) in [4.78, 5) is 24.3. The molecule has 0 unspecified atom stereocenters.